The van der Waals surface area contributed by atoms with E-state index < -0.39 is 15.9 Å². The van der Waals surface area contributed by atoms with Crippen molar-refractivity contribution in [2.75, 3.05) is 26.5 Å². The number of thiazole rings is 1. The highest BCUT2D eigenvalue weighted by Gasteiger charge is 2.22. The van der Waals surface area contributed by atoms with Crippen molar-refractivity contribution in [3.63, 3.8) is 0 Å². The number of rotatable bonds is 9. The van der Waals surface area contributed by atoms with Crippen LogP contribution in [0.2, 0.25) is 0 Å². The lowest BCUT2D eigenvalue weighted by atomic mass is 10.2. The molecule has 0 aliphatic carbocycles. The molecule has 1 amide bonds. The van der Waals surface area contributed by atoms with Crippen LogP contribution in [-0.2, 0) is 21.4 Å². The first-order valence-electron chi connectivity index (χ1n) is 9.92. The molecule has 33 heavy (non-hydrogen) atoms. The van der Waals surface area contributed by atoms with Crippen LogP contribution in [0, 0.1) is 6.92 Å². The third-order valence-corrected chi connectivity index (χ3v) is 7.21. The van der Waals surface area contributed by atoms with Gasteiger partial charge in [-0.25, -0.2) is 17.7 Å². The molecule has 3 rings (SSSR count). The average molecular weight is 488 g/mol. The number of amides is 1. The number of sulfonamides is 1. The summed E-state index contributed by atoms with van der Waals surface area (Å²) in [6.07, 6.45) is 3.03. The van der Waals surface area contributed by atoms with Gasteiger partial charge in [0.25, 0.3) is 0 Å². The molecule has 0 atom stereocenters. The predicted molar refractivity (Wildman–Crippen MR) is 129 cm³/mol. The van der Waals surface area contributed by atoms with Gasteiger partial charge in [0.2, 0.25) is 15.9 Å². The first kappa shape index (κ1) is 24.4. The van der Waals surface area contributed by atoms with Crippen molar-refractivity contribution in [1.29, 1.82) is 0 Å². The molecule has 0 saturated heterocycles. The summed E-state index contributed by atoms with van der Waals surface area (Å²) in [6, 6.07) is 11.8. The van der Waals surface area contributed by atoms with Gasteiger partial charge in [-0.15, -0.1) is 11.3 Å². The quantitative estimate of drug-likeness (QED) is 0.459. The van der Waals surface area contributed by atoms with Crippen LogP contribution in [-0.4, -0.2) is 44.8 Å². The second-order valence-corrected chi connectivity index (χ2v) is 10.4. The maximum absolute atomic E-state index is 12.5. The third-order valence-electron chi connectivity index (χ3n) is 4.55. The van der Waals surface area contributed by atoms with Gasteiger partial charge in [0.15, 0.2) is 0 Å². The van der Waals surface area contributed by atoms with E-state index >= 15 is 0 Å². The number of anilines is 1. The average Bonchev–Trinajstić information content (AvgIpc) is 3.22. The summed E-state index contributed by atoms with van der Waals surface area (Å²) in [6.45, 7) is 2.35. The van der Waals surface area contributed by atoms with Crippen molar-refractivity contribution in [2.24, 2.45) is 0 Å². The van der Waals surface area contributed by atoms with Gasteiger partial charge in [0.1, 0.15) is 23.0 Å². The highest BCUT2D eigenvalue weighted by Crippen LogP contribution is 2.29. The summed E-state index contributed by atoms with van der Waals surface area (Å²) in [5.74, 6) is 0.507. The highest BCUT2D eigenvalue weighted by molar-refractivity contribution is 7.89. The van der Waals surface area contributed by atoms with Crippen molar-refractivity contribution in [1.82, 2.24) is 9.29 Å². The van der Waals surface area contributed by atoms with Crippen LogP contribution in [0.15, 0.2) is 58.8 Å². The first-order valence-corrected chi connectivity index (χ1v) is 12.2. The van der Waals surface area contributed by atoms with Crippen LogP contribution in [0.25, 0.3) is 6.08 Å². The topological polar surface area (TPSA) is 97.8 Å². The van der Waals surface area contributed by atoms with Gasteiger partial charge in [0, 0.05) is 31.2 Å². The molecule has 3 aromatic rings. The minimum atomic E-state index is -3.73. The minimum Gasteiger partial charge on any atom is -0.495 e. The van der Waals surface area contributed by atoms with Gasteiger partial charge in [-0.3, -0.25) is 4.79 Å². The molecule has 174 valence electrons. The van der Waals surface area contributed by atoms with Gasteiger partial charge in [-0.1, -0.05) is 12.1 Å². The summed E-state index contributed by atoms with van der Waals surface area (Å²) in [4.78, 5) is 16.7. The van der Waals surface area contributed by atoms with E-state index in [4.69, 9.17) is 9.47 Å². The van der Waals surface area contributed by atoms with Crippen molar-refractivity contribution >= 4 is 39.0 Å². The summed E-state index contributed by atoms with van der Waals surface area (Å²) in [5.41, 5.74) is 2.04. The second-order valence-electron chi connectivity index (χ2n) is 7.19. The third kappa shape index (κ3) is 6.41. The Kier molecular flexibility index (Phi) is 7.85. The Labute approximate surface area is 197 Å². The number of carbonyl (C=O) groups is 1. The fraction of sp³-hybridized carbons (Fsp3) is 0.217. The van der Waals surface area contributed by atoms with Crippen molar-refractivity contribution in [3.8, 4) is 11.5 Å². The van der Waals surface area contributed by atoms with Crippen LogP contribution in [0.4, 0.5) is 5.69 Å². The van der Waals surface area contributed by atoms with Crippen molar-refractivity contribution < 1.29 is 22.7 Å². The number of methoxy groups -OCH3 is 1. The number of nitrogens with zero attached hydrogens (tertiary/aromatic N) is 2. The lowest BCUT2D eigenvalue weighted by Gasteiger charge is -2.15. The maximum atomic E-state index is 12.5. The Balaban J connectivity index is 1.63. The monoisotopic (exact) mass is 487 g/mol. The van der Waals surface area contributed by atoms with Gasteiger partial charge in [0.05, 0.1) is 17.8 Å². The molecule has 0 spiro atoms. The van der Waals surface area contributed by atoms with Crippen LogP contribution < -0.4 is 14.8 Å². The lowest BCUT2D eigenvalue weighted by Crippen LogP contribution is -2.23. The SMILES string of the molecule is COc1ccc(NC(=O)/C=C/c2ccc(OCc3csc(C)n3)cc2)cc1S(=O)(=O)N(C)C. The lowest BCUT2D eigenvalue weighted by molar-refractivity contribution is -0.111. The number of carbonyl (C=O) groups excluding carboxylic acids is 1. The molecule has 0 radical (unpaired) electrons. The fourth-order valence-corrected chi connectivity index (χ4v) is 4.49. The minimum absolute atomic E-state index is 0.0276. The molecule has 10 heteroatoms. The van der Waals surface area contributed by atoms with Gasteiger partial charge in [-0.05, 0) is 48.9 Å². The Morgan fingerprint density at radius 3 is 2.52 bits per heavy atom. The number of nitrogens with one attached hydrogen (secondary N) is 1. The summed E-state index contributed by atoms with van der Waals surface area (Å²) in [5, 5.41) is 5.63. The largest absolute Gasteiger partial charge is 0.495 e. The molecule has 0 aliphatic heterocycles. The van der Waals surface area contributed by atoms with Crippen molar-refractivity contribution in [2.45, 2.75) is 18.4 Å². The Bertz CT molecular complexity index is 1250. The van der Waals surface area contributed by atoms with E-state index in [1.807, 2.05) is 36.6 Å². The zero-order valence-electron chi connectivity index (χ0n) is 18.7. The number of hydrogen-bond acceptors (Lipinski definition) is 7. The normalized spacial score (nSPS) is 11.7. The van der Waals surface area contributed by atoms with E-state index in [1.165, 1.54) is 39.4 Å². The first-order chi connectivity index (χ1) is 15.7. The van der Waals surface area contributed by atoms with Gasteiger partial charge >= 0.3 is 0 Å². The molecular weight excluding hydrogens is 462 g/mol. The summed E-state index contributed by atoms with van der Waals surface area (Å²) in [7, 11) is 0.514. The van der Waals surface area contributed by atoms with E-state index in [1.54, 1.807) is 23.5 Å². The fourth-order valence-electron chi connectivity index (χ4n) is 2.82. The van der Waals surface area contributed by atoms with Crippen LogP contribution in [0.1, 0.15) is 16.3 Å². The zero-order valence-corrected chi connectivity index (χ0v) is 20.4. The summed E-state index contributed by atoms with van der Waals surface area (Å²) >= 11 is 1.58. The van der Waals surface area contributed by atoms with Gasteiger partial charge < -0.3 is 14.8 Å². The van der Waals surface area contributed by atoms with Crippen LogP contribution in [0.5, 0.6) is 11.5 Å². The van der Waals surface area contributed by atoms with E-state index in [9.17, 15) is 13.2 Å². The molecular formula is C23H25N3O5S2. The summed E-state index contributed by atoms with van der Waals surface area (Å²) < 4.78 is 37.0. The Morgan fingerprint density at radius 2 is 1.91 bits per heavy atom. The molecule has 0 unspecified atom stereocenters. The number of aryl methyl sites for hydroxylation is 1. The standard InChI is InChI=1S/C23H25N3O5S2/c1-16-24-19(15-32-16)14-31-20-9-5-17(6-10-20)7-12-23(27)25-18-8-11-21(30-4)22(13-18)33(28,29)26(2)3/h5-13,15H,14H2,1-4H3,(H,25,27)/b12-7+. The molecule has 1 aromatic heterocycles. The molecule has 0 aliphatic rings. The molecule has 8 nitrogen and oxygen atoms in total. The van der Waals surface area contributed by atoms with E-state index in [0.29, 0.717) is 18.0 Å². The molecule has 1 heterocycles. The molecule has 2 aromatic carbocycles. The van der Waals surface area contributed by atoms with Gasteiger partial charge in [-0.2, -0.15) is 0 Å². The number of aromatic nitrogens is 1. The highest BCUT2D eigenvalue weighted by atomic mass is 32.2. The molecule has 1 N–H and O–H groups in total. The van der Waals surface area contributed by atoms with Crippen molar-refractivity contribution in [3.05, 3.63) is 70.2 Å². The molecule has 0 fully saturated rings. The van der Waals surface area contributed by atoms with E-state index in [0.717, 1.165) is 20.6 Å². The number of ether oxygens (including phenoxy) is 2. The Hall–Kier alpha value is -3.21. The van der Waals surface area contributed by atoms with Crippen LogP contribution >= 0.6 is 11.3 Å². The molecule has 0 saturated carbocycles. The van der Waals surface area contributed by atoms with Crippen LogP contribution in [0.3, 0.4) is 0 Å². The smallest absolute Gasteiger partial charge is 0.248 e. The number of benzene rings is 2. The number of hydrogen-bond donors (Lipinski definition) is 1. The molecule has 0 bridgehead atoms. The van der Waals surface area contributed by atoms with E-state index in [-0.39, 0.29) is 10.6 Å². The van der Waals surface area contributed by atoms with E-state index in [2.05, 4.69) is 10.3 Å². The predicted octanol–water partition coefficient (Wildman–Crippen LogP) is 3.94. The maximum Gasteiger partial charge on any atom is 0.248 e. The second kappa shape index (κ2) is 10.6. The Morgan fingerprint density at radius 1 is 1.18 bits per heavy atom. The zero-order chi connectivity index (χ0) is 24.0.